The van der Waals surface area contributed by atoms with Crippen LogP contribution in [0.2, 0.25) is 0 Å². The van der Waals surface area contributed by atoms with Crippen LogP contribution < -0.4 is 5.73 Å². The minimum Gasteiger partial charge on any atom is -0.309 e. The summed E-state index contributed by atoms with van der Waals surface area (Å²) >= 11 is 0. The summed E-state index contributed by atoms with van der Waals surface area (Å²) < 4.78 is 2.12. The molecule has 3 heterocycles. The standard InChI is InChI=1S/C25H23N5/c1-2-17-10-12-19(13-11-17)30-24(20-9-6-16-27-23(20)26)29-22-15-14-21(28-25(22)30)18-7-4-3-5-8-18/h3-16,20,23H,2,26H2,1H3. The van der Waals surface area contributed by atoms with Crippen LogP contribution in [0.15, 0.2) is 83.9 Å². The van der Waals surface area contributed by atoms with E-state index >= 15 is 0 Å². The molecule has 1 aliphatic heterocycles. The van der Waals surface area contributed by atoms with Crippen molar-refractivity contribution in [3.8, 4) is 16.9 Å². The van der Waals surface area contributed by atoms with Crippen LogP contribution in [0.1, 0.15) is 24.2 Å². The first-order valence-electron chi connectivity index (χ1n) is 10.2. The fraction of sp³-hybridized carbons (Fsp3) is 0.160. The molecule has 5 rings (SSSR count). The lowest BCUT2D eigenvalue weighted by atomic mass is 10.0. The number of imidazole rings is 1. The summed E-state index contributed by atoms with van der Waals surface area (Å²) in [7, 11) is 0. The molecule has 2 aromatic heterocycles. The van der Waals surface area contributed by atoms with Crippen LogP contribution in [0.4, 0.5) is 0 Å². The first kappa shape index (κ1) is 18.5. The molecule has 4 aromatic rings. The Morgan fingerprint density at radius 1 is 0.933 bits per heavy atom. The number of rotatable bonds is 4. The van der Waals surface area contributed by atoms with E-state index in [0.29, 0.717) is 0 Å². The van der Waals surface area contributed by atoms with Crippen molar-refractivity contribution in [2.75, 3.05) is 0 Å². The summed E-state index contributed by atoms with van der Waals surface area (Å²) in [4.78, 5) is 14.3. The first-order valence-corrected chi connectivity index (χ1v) is 10.2. The monoisotopic (exact) mass is 393 g/mol. The summed E-state index contributed by atoms with van der Waals surface area (Å²) in [6, 6.07) is 22.8. The Balaban J connectivity index is 1.74. The van der Waals surface area contributed by atoms with E-state index in [1.54, 1.807) is 6.21 Å². The van der Waals surface area contributed by atoms with Crippen LogP contribution in [0.25, 0.3) is 28.1 Å². The maximum Gasteiger partial charge on any atom is 0.165 e. The molecule has 0 radical (unpaired) electrons. The van der Waals surface area contributed by atoms with Gasteiger partial charge in [0, 0.05) is 17.5 Å². The Hall–Kier alpha value is -3.57. The van der Waals surface area contributed by atoms with Crippen LogP contribution in [-0.4, -0.2) is 26.9 Å². The molecule has 0 spiro atoms. The SMILES string of the molecule is CCc1ccc(-n2c(C3C=CC=NC3N)nc3ccc(-c4ccccc4)nc32)cc1. The van der Waals surface area contributed by atoms with Crippen LogP contribution in [0.5, 0.6) is 0 Å². The number of allylic oxidation sites excluding steroid dienone is 1. The molecule has 0 saturated heterocycles. The first-order chi connectivity index (χ1) is 14.7. The van der Waals surface area contributed by atoms with Gasteiger partial charge in [-0.15, -0.1) is 0 Å². The summed E-state index contributed by atoms with van der Waals surface area (Å²) in [5.74, 6) is 0.739. The zero-order chi connectivity index (χ0) is 20.5. The minimum atomic E-state index is -0.367. The van der Waals surface area contributed by atoms with Crippen LogP contribution in [0.3, 0.4) is 0 Å². The fourth-order valence-electron chi connectivity index (χ4n) is 3.87. The van der Waals surface area contributed by atoms with Crippen molar-refractivity contribution in [3.05, 3.63) is 90.3 Å². The van der Waals surface area contributed by atoms with Crippen molar-refractivity contribution in [1.82, 2.24) is 14.5 Å². The second kappa shape index (κ2) is 7.69. The third kappa shape index (κ3) is 3.23. The smallest absolute Gasteiger partial charge is 0.165 e. The fourth-order valence-corrected chi connectivity index (χ4v) is 3.87. The van der Waals surface area contributed by atoms with Crippen molar-refractivity contribution in [2.24, 2.45) is 10.7 Å². The van der Waals surface area contributed by atoms with E-state index < -0.39 is 0 Å². The maximum atomic E-state index is 6.32. The van der Waals surface area contributed by atoms with E-state index in [9.17, 15) is 0 Å². The topological polar surface area (TPSA) is 69.1 Å². The third-order valence-corrected chi connectivity index (χ3v) is 5.53. The van der Waals surface area contributed by atoms with E-state index in [1.807, 2.05) is 36.4 Å². The molecule has 0 bridgehead atoms. The van der Waals surface area contributed by atoms with Gasteiger partial charge in [-0.25, -0.2) is 9.97 Å². The number of aryl methyl sites for hydroxylation is 1. The number of hydrogen-bond acceptors (Lipinski definition) is 4. The van der Waals surface area contributed by atoms with E-state index in [1.165, 1.54) is 5.56 Å². The molecule has 2 atom stereocenters. The van der Waals surface area contributed by atoms with E-state index in [-0.39, 0.29) is 12.1 Å². The predicted molar refractivity (Wildman–Crippen MR) is 122 cm³/mol. The molecule has 30 heavy (non-hydrogen) atoms. The Morgan fingerprint density at radius 3 is 2.47 bits per heavy atom. The lowest BCUT2D eigenvalue weighted by molar-refractivity contribution is 0.598. The van der Waals surface area contributed by atoms with Gasteiger partial charge in [0.25, 0.3) is 0 Å². The second-order valence-electron chi connectivity index (χ2n) is 7.43. The molecule has 0 fully saturated rings. The number of fused-ring (bicyclic) bond motifs is 1. The van der Waals surface area contributed by atoms with Gasteiger partial charge in [-0.05, 0) is 42.3 Å². The van der Waals surface area contributed by atoms with E-state index in [0.717, 1.165) is 40.4 Å². The molecule has 0 aliphatic carbocycles. The number of aliphatic imine (C=N–C) groups is 1. The van der Waals surface area contributed by atoms with Crippen molar-refractivity contribution >= 4 is 17.4 Å². The van der Waals surface area contributed by atoms with E-state index in [4.69, 9.17) is 15.7 Å². The van der Waals surface area contributed by atoms with Gasteiger partial charge in [-0.1, -0.05) is 55.5 Å². The van der Waals surface area contributed by atoms with Gasteiger partial charge in [0.15, 0.2) is 5.65 Å². The van der Waals surface area contributed by atoms with Crippen molar-refractivity contribution in [2.45, 2.75) is 25.4 Å². The summed E-state index contributed by atoms with van der Waals surface area (Å²) in [5.41, 5.74) is 12.3. The molecule has 1 aliphatic rings. The van der Waals surface area contributed by atoms with Crippen LogP contribution in [0, 0.1) is 0 Å². The van der Waals surface area contributed by atoms with Crippen molar-refractivity contribution in [3.63, 3.8) is 0 Å². The average Bonchev–Trinajstić information content (AvgIpc) is 3.18. The normalized spacial score (nSPS) is 18.2. The largest absolute Gasteiger partial charge is 0.309 e. The van der Waals surface area contributed by atoms with E-state index in [2.05, 4.69) is 59.0 Å². The number of nitrogens with zero attached hydrogens (tertiary/aromatic N) is 4. The van der Waals surface area contributed by atoms with Gasteiger partial charge in [-0.3, -0.25) is 9.56 Å². The lowest BCUT2D eigenvalue weighted by Crippen LogP contribution is -2.29. The molecular formula is C25H23N5. The van der Waals surface area contributed by atoms with Crippen LogP contribution >= 0.6 is 0 Å². The number of benzene rings is 2. The number of aromatic nitrogens is 3. The zero-order valence-electron chi connectivity index (χ0n) is 16.8. The summed E-state index contributed by atoms with van der Waals surface area (Å²) in [6.45, 7) is 2.16. The average molecular weight is 393 g/mol. The van der Waals surface area contributed by atoms with Crippen molar-refractivity contribution in [1.29, 1.82) is 0 Å². The van der Waals surface area contributed by atoms with Gasteiger partial charge in [0.05, 0.1) is 11.6 Å². The summed E-state index contributed by atoms with van der Waals surface area (Å²) in [6.07, 6.45) is 6.37. The molecule has 5 heteroatoms. The molecule has 2 aromatic carbocycles. The highest BCUT2D eigenvalue weighted by Gasteiger charge is 2.26. The second-order valence-corrected chi connectivity index (χ2v) is 7.43. The Morgan fingerprint density at radius 2 is 1.73 bits per heavy atom. The minimum absolute atomic E-state index is 0.116. The number of dihydropyridines is 1. The maximum absolute atomic E-state index is 6.32. The van der Waals surface area contributed by atoms with Gasteiger partial charge in [0.2, 0.25) is 0 Å². The van der Waals surface area contributed by atoms with Gasteiger partial charge < -0.3 is 5.73 Å². The molecule has 148 valence electrons. The highest BCUT2D eigenvalue weighted by atomic mass is 15.2. The summed E-state index contributed by atoms with van der Waals surface area (Å²) in [5, 5.41) is 0. The van der Waals surface area contributed by atoms with Gasteiger partial charge in [0.1, 0.15) is 17.5 Å². The Bertz CT molecular complexity index is 1240. The molecule has 5 nitrogen and oxygen atoms in total. The number of pyridine rings is 1. The predicted octanol–water partition coefficient (Wildman–Crippen LogP) is 4.66. The Kier molecular flexibility index (Phi) is 4.73. The molecular weight excluding hydrogens is 370 g/mol. The Labute approximate surface area is 175 Å². The number of hydrogen-bond donors (Lipinski definition) is 1. The molecule has 0 saturated carbocycles. The van der Waals surface area contributed by atoms with Gasteiger partial charge >= 0.3 is 0 Å². The highest BCUT2D eigenvalue weighted by Crippen LogP contribution is 2.30. The lowest BCUT2D eigenvalue weighted by Gasteiger charge is -2.20. The zero-order valence-corrected chi connectivity index (χ0v) is 16.8. The van der Waals surface area contributed by atoms with Crippen LogP contribution in [-0.2, 0) is 6.42 Å². The van der Waals surface area contributed by atoms with Crippen molar-refractivity contribution < 1.29 is 0 Å². The molecule has 2 unspecified atom stereocenters. The molecule has 2 N–H and O–H groups in total. The quantitative estimate of drug-likeness (QED) is 0.548. The number of nitrogens with two attached hydrogens (primary N) is 1. The third-order valence-electron chi connectivity index (χ3n) is 5.53. The van der Waals surface area contributed by atoms with Gasteiger partial charge in [-0.2, -0.15) is 0 Å². The molecule has 0 amide bonds. The highest BCUT2D eigenvalue weighted by molar-refractivity contribution is 5.79.